The molecular formula is C15H11BrFNO. The van der Waals surface area contributed by atoms with Crippen LogP contribution < -0.4 is 4.74 Å². The Hall–Kier alpha value is -1.86. The average Bonchev–Trinajstić information content (AvgIpc) is 2.46. The Bertz CT molecular complexity index is 605. The smallest absolute Gasteiger partial charge is 0.131 e. The van der Waals surface area contributed by atoms with Gasteiger partial charge in [0.05, 0.1) is 11.6 Å². The molecule has 2 nitrogen and oxygen atoms in total. The summed E-state index contributed by atoms with van der Waals surface area (Å²) in [5.41, 5.74) is 1.89. The van der Waals surface area contributed by atoms with Gasteiger partial charge in [-0.25, -0.2) is 4.39 Å². The SMILES string of the molecule is N#Cc1ccc(COc2ccc(CBr)cc2)c(F)c1. The van der Waals surface area contributed by atoms with E-state index in [4.69, 9.17) is 10.00 Å². The van der Waals surface area contributed by atoms with E-state index in [1.54, 1.807) is 12.1 Å². The minimum absolute atomic E-state index is 0.144. The Kier molecular flexibility index (Phi) is 4.53. The molecule has 4 heteroatoms. The van der Waals surface area contributed by atoms with E-state index in [0.29, 0.717) is 16.9 Å². The van der Waals surface area contributed by atoms with E-state index in [0.717, 1.165) is 10.9 Å². The highest BCUT2D eigenvalue weighted by Crippen LogP contribution is 2.17. The van der Waals surface area contributed by atoms with Crippen molar-refractivity contribution in [3.63, 3.8) is 0 Å². The highest BCUT2D eigenvalue weighted by molar-refractivity contribution is 9.08. The molecule has 0 N–H and O–H groups in total. The summed E-state index contributed by atoms with van der Waals surface area (Å²) in [6.07, 6.45) is 0. The third kappa shape index (κ3) is 3.55. The molecule has 0 aliphatic rings. The number of halogens is 2. The Labute approximate surface area is 119 Å². The number of hydrogen-bond acceptors (Lipinski definition) is 2. The third-order valence-corrected chi connectivity index (χ3v) is 3.30. The van der Waals surface area contributed by atoms with Crippen LogP contribution in [0.5, 0.6) is 5.75 Å². The molecule has 2 rings (SSSR count). The zero-order valence-electron chi connectivity index (χ0n) is 10.1. The van der Waals surface area contributed by atoms with Crippen molar-refractivity contribution in [3.8, 4) is 11.8 Å². The lowest BCUT2D eigenvalue weighted by Crippen LogP contribution is -1.99. The Balaban J connectivity index is 2.04. The predicted molar refractivity (Wildman–Crippen MR) is 74.5 cm³/mol. The second kappa shape index (κ2) is 6.35. The minimum atomic E-state index is -0.420. The molecule has 0 bridgehead atoms. The first-order valence-corrected chi connectivity index (χ1v) is 6.81. The van der Waals surface area contributed by atoms with E-state index in [9.17, 15) is 4.39 Å². The second-order valence-corrected chi connectivity index (χ2v) is 4.54. The van der Waals surface area contributed by atoms with E-state index in [-0.39, 0.29) is 6.61 Å². The summed E-state index contributed by atoms with van der Waals surface area (Å²) in [6.45, 7) is 0.144. The van der Waals surface area contributed by atoms with Gasteiger partial charge >= 0.3 is 0 Å². The van der Waals surface area contributed by atoms with Crippen LogP contribution in [0.2, 0.25) is 0 Å². The van der Waals surface area contributed by atoms with E-state index in [1.807, 2.05) is 30.3 Å². The van der Waals surface area contributed by atoms with E-state index >= 15 is 0 Å². The van der Waals surface area contributed by atoms with Gasteiger partial charge in [0.25, 0.3) is 0 Å². The van der Waals surface area contributed by atoms with Gasteiger partial charge in [-0.05, 0) is 29.8 Å². The minimum Gasteiger partial charge on any atom is -0.489 e. The first kappa shape index (κ1) is 13.6. The molecule has 0 fully saturated rings. The van der Waals surface area contributed by atoms with Gasteiger partial charge in [0, 0.05) is 10.9 Å². The maximum Gasteiger partial charge on any atom is 0.131 e. The van der Waals surface area contributed by atoms with Gasteiger partial charge in [0.1, 0.15) is 18.2 Å². The standard InChI is InChI=1S/C15H11BrFNO/c16-8-11-2-5-14(6-3-11)19-10-13-4-1-12(9-18)7-15(13)17/h1-7H,8,10H2. The molecule has 2 aromatic carbocycles. The fourth-order valence-electron chi connectivity index (χ4n) is 1.57. The van der Waals surface area contributed by atoms with Crippen molar-refractivity contribution in [2.75, 3.05) is 0 Å². The number of alkyl halides is 1. The van der Waals surface area contributed by atoms with Crippen LogP contribution in [0, 0.1) is 17.1 Å². The summed E-state index contributed by atoms with van der Waals surface area (Å²) in [4.78, 5) is 0. The predicted octanol–water partition coefficient (Wildman–Crippen LogP) is 4.17. The number of hydrogen-bond donors (Lipinski definition) is 0. The van der Waals surface area contributed by atoms with Crippen molar-refractivity contribution in [3.05, 3.63) is 65.0 Å². The molecule has 0 amide bonds. The Morgan fingerprint density at radius 3 is 2.47 bits per heavy atom. The highest BCUT2D eigenvalue weighted by Gasteiger charge is 2.04. The summed E-state index contributed by atoms with van der Waals surface area (Å²) in [5.74, 6) is 0.268. The normalized spacial score (nSPS) is 9.95. The Morgan fingerprint density at radius 1 is 1.16 bits per heavy atom. The van der Waals surface area contributed by atoms with Crippen LogP contribution in [-0.2, 0) is 11.9 Å². The van der Waals surface area contributed by atoms with E-state index < -0.39 is 5.82 Å². The summed E-state index contributed by atoms with van der Waals surface area (Å²) in [7, 11) is 0. The van der Waals surface area contributed by atoms with Crippen molar-refractivity contribution < 1.29 is 9.13 Å². The molecule has 0 saturated heterocycles. The van der Waals surface area contributed by atoms with Crippen molar-refractivity contribution in [2.45, 2.75) is 11.9 Å². The monoisotopic (exact) mass is 319 g/mol. The van der Waals surface area contributed by atoms with Crippen LogP contribution in [0.25, 0.3) is 0 Å². The van der Waals surface area contributed by atoms with Gasteiger partial charge in [-0.15, -0.1) is 0 Å². The fraction of sp³-hybridized carbons (Fsp3) is 0.133. The summed E-state index contributed by atoms with van der Waals surface area (Å²) in [6, 6.07) is 13.8. The van der Waals surface area contributed by atoms with Crippen molar-refractivity contribution in [1.29, 1.82) is 5.26 Å². The molecular weight excluding hydrogens is 309 g/mol. The number of nitrogens with zero attached hydrogens (tertiary/aromatic N) is 1. The van der Waals surface area contributed by atoms with Gasteiger partial charge < -0.3 is 4.74 Å². The molecule has 0 radical (unpaired) electrons. The van der Waals surface area contributed by atoms with Crippen LogP contribution in [0.3, 0.4) is 0 Å². The van der Waals surface area contributed by atoms with Gasteiger partial charge in [-0.2, -0.15) is 5.26 Å². The fourth-order valence-corrected chi connectivity index (χ4v) is 1.94. The molecule has 96 valence electrons. The lowest BCUT2D eigenvalue weighted by Gasteiger charge is -2.07. The largest absolute Gasteiger partial charge is 0.489 e. The van der Waals surface area contributed by atoms with Crippen LogP contribution in [0.4, 0.5) is 4.39 Å². The lowest BCUT2D eigenvalue weighted by molar-refractivity contribution is 0.300. The lowest BCUT2D eigenvalue weighted by atomic mass is 10.1. The van der Waals surface area contributed by atoms with Crippen molar-refractivity contribution in [1.82, 2.24) is 0 Å². The van der Waals surface area contributed by atoms with E-state index in [2.05, 4.69) is 15.9 Å². The van der Waals surface area contributed by atoms with Crippen LogP contribution in [-0.4, -0.2) is 0 Å². The van der Waals surface area contributed by atoms with Crippen LogP contribution in [0.15, 0.2) is 42.5 Å². The molecule has 0 aliphatic carbocycles. The summed E-state index contributed by atoms with van der Waals surface area (Å²) >= 11 is 3.36. The number of nitriles is 1. The molecule has 0 heterocycles. The number of rotatable bonds is 4. The quantitative estimate of drug-likeness (QED) is 0.792. The number of ether oxygens (including phenoxy) is 1. The molecule has 0 spiro atoms. The zero-order chi connectivity index (χ0) is 13.7. The molecule has 0 atom stereocenters. The average molecular weight is 320 g/mol. The maximum atomic E-state index is 13.6. The number of benzene rings is 2. The maximum absolute atomic E-state index is 13.6. The van der Waals surface area contributed by atoms with Gasteiger partial charge in [-0.1, -0.05) is 34.1 Å². The van der Waals surface area contributed by atoms with Gasteiger partial charge in [0.2, 0.25) is 0 Å². The van der Waals surface area contributed by atoms with Crippen LogP contribution >= 0.6 is 15.9 Å². The summed E-state index contributed by atoms with van der Waals surface area (Å²) in [5, 5.41) is 9.45. The molecule has 0 aliphatic heterocycles. The molecule has 19 heavy (non-hydrogen) atoms. The van der Waals surface area contributed by atoms with E-state index in [1.165, 1.54) is 6.07 Å². The second-order valence-electron chi connectivity index (χ2n) is 3.98. The van der Waals surface area contributed by atoms with Crippen molar-refractivity contribution >= 4 is 15.9 Å². The van der Waals surface area contributed by atoms with Gasteiger partial charge in [-0.3, -0.25) is 0 Å². The van der Waals surface area contributed by atoms with Gasteiger partial charge in [0.15, 0.2) is 0 Å². The first-order valence-electron chi connectivity index (χ1n) is 5.69. The van der Waals surface area contributed by atoms with Crippen LogP contribution in [0.1, 0.15) is 16.7 Å². The zero-order valence-corrected chi connectivity index (χ0v) is 11.7. The molecule has 0 unspecified atom stereocenters. The highest BCUT2D eigenvalue weighted by atomic mass is 79.9. The molecule has 0 saturated carbocycles. The van der Waals surface area contributed by atoms with Crippen molar-refractivity contribution in [2.24, 2.45) is 0 Å². The topological polar surface area (TPSA) is 33.0 Å². The third-order valence-electron chi connectivity index (χ3n) is 2.65. The first-order chi connectivity index (χ1) is 9.22. The molecule has 2 aromatic rings. The molecule has 0 aromatic heterocycles. The summed E-state index contributed by atoms with van der Waals surface area (Å²) < 4.78 is 19.1. The Morgan fingerprint density at radius 2 is 1.89 bits per heavy atom.